The molecular weight excluding hydrogens is 391 g/mol. The Morgan fingerprint density at radius 3 is 2.39 bits per heavy atom. The molecule has 6 heteroatoms. The lowest BCUT2D eigenvalue weighted by Crippen LogP contribution is -2.55. The monoisotopic (exact) mass is 422 g/mol. The molecule has 0 atom stereocenters. The maximum absolute atomic E-state index is 13.3. The van der Waals surface area contributed by atoms with Crippen LogP contribution < -0.4 is 5.32 Å². The van der Waals surface area contributed by atoms with Gasteiger partial charge in [-0.2, -0.15) is 0 Å². The molecule has 0 radical (unpaired) electrons. The predicted molar refractivity (Wildman–Crippen MR) is 122 cm³/mol. The normalized spacial score (nSPS) is 18.8. The second-order valence-electron chi connectivity index (χ2n) is 8.55. The van der Waals surface area contributed by atoms with E-state index in [1.165, 1.54) is 44.2 Å². The van der Waals surface area contributed by atoms with Gasteiger partial charge in [-0.05, 0) is 56.2 Å². The van der Waals surface area contributed by atoms with Crippen LogP contribution in [0.1, 0.15) is 48.0 Å². The maximum Gasteiger partial charge on any atom is 0.257 e. The number of nitrogens with one attached hydrogen (secondary N) is 1. The molecule has 31 heavy (non-hydrogen) atoms. The SMILES string of the molecule is Cc1cccc(C(=O)NC(=Nc2ccc(F)cc2)N2CCN(C3CCCCC3)CC2)c1. The van der Waals surface area contributed by atoms with Crippen molar-refractivity contribution in [1.82, 2.24) is 15.1 Å². The summed E-state index contributed by atoms with van der Waals surface area (Å²) in [5.41, 5.74) is 2.26. The van der Waals surface area contributed by atoms with Crippen LogP contribution >= 0.6 is 0 Å². The van der Waals surface area contributed by atoms with Gasteiger partial charge in [0, 0.05) is 37.8 Å². The van der Waals surface area contributed by atoms with E-state index in [1.807, 2.05) is 25.1 Å². The number of hydrogen-bond acceptors (Lipinski definition) is 3. The highest BCUT2D eigenvalue weighted by Crippen LogP contribution is 2.24. The lowest BCUT2D eigenvalue weighted by molar-refractivity contribution is 0.0943. The van der Waals surface area contributed by atoms with Crippen LogP contribution in [0.25, 0.3) is 0 Å². The van der Waals surface area contributed by atoms with Gasteiger partial charge in [0.2, 0.25) is 5.96 Å². The van der Waals surface area contributed by atoms with E-state index in [1.54, 1.807) is 18.2 Å². The number of amides is 1. The largest absolute Gasteiger partial charge is 0.340 e. The zero-order valence-corrected chi connectivity index (χ0v) is 18.2. The third-order valence-corrected chi connectivity index (χ3v) is 6.27. The number of nitrogens with zero attached hydrogens (tertiary/aromatic N) is 3. The van der Waals surface area contributed by atoms with Crippen molar-refractivity contribution in [1.29, 1.82) is 0 Å². The van der Waals surface area contributed by atoms with Crippen molar-refractivity contribution in [2.75, 3.05) is 26.2 Å². The molecule has 5 nitrogen and oxygen atoms in total. The number of benzene rings is 2. The summed E-state index contributed by atoms with van der Waals surface area (Å²) in [6, 6.07) is 14.2. The van der Waals surface area contributed by atoms with Gasteiger partial charge in [0.1, 0.15) is 5.82 Å². The van der Waals surface area contributed by atoms with Crippen LogP contribution in [0.5, 0.6) is 0 Å². The van der Waals surface area contributed by atoms with Crippen LogP contribution in [0.4, 0.5) is 10.1 Å². The van der Waals surface area contributed by atoms with Crippen molar-refractivity contribution in [3.8, 4) is 0 Å². The Morgan fingerprint density at radius 1 is 1.00 bits per heavy atom. The molecule has 1 amide bonds. The summed E-state index contributed by atoms with van der Waals surface area (Å²) in [7, 11) is 0. The molecule has 0 unspecified atom stereocenters. The molecule has 2 aliphatic rings. The lowest BCUT2D eigenvalue weighted by Gasteiger charge is -2.41. The second kappa shape index (κ2) is 10.1. The summed E-state index contributed by atoms with van der Waals surface area (Å²) in [6.45, 7) is 5.52. The first kappa shape index (κ1) is 21.5. The van der Waals surface area contributed by atoms with E-state index in [4.69, 9.17) is 0 Å². The zero-order chi connectivity index (χ0) is 21.6. The highest BCUT2D eigenvalue weighted by molar-refractivity contribution is 6.06. The molecule has 2 aromatic rings. The van der Waals surface area contributed by atoms with Crippen molar-refractivity contribution in [2.45, 2.75) is 45.1 Å². The number of piperazine rings is 1. The molecule has 1 heterocycles. The van der Waals surface area contributed by atoms with Crippen LogP contribution in [-0.4, -0.2) is 53.9 Å². The molecule has 0 aromatic heterocycles. The fourth-order valence-corrected chi connectivity index (χ4v) is 4.52. The van der Waals surface area contributed by atoms with E-state index in [-0.39, 0.29) is 11.7 Å². The van der Waals surface area contributed by atoms with E-state index in [2.05, 4.69) is 20.1 Å². The Labute approximate surface area is 184 Å². The molecule has 164 valence electrons. The van der Waals surface area contributed by atoms with Gasteiger partial charge in [0.05, 0.1) is 5.69 Å². The fraction of sp³-hybridized carbons (Fsp3) is 0.440. The molecule has 1 aliphatic carbocycles. The zero-order valence-electron chi connectivity index (χ0n) is 18.2. The summed E-state index contributed by atoms with van der Waals surface area (Å²) in [5.74, 6) is 0.0473. The first-order valence-electron chi connectivity index (χ1n) is 11.3. The van der Waals surface area contributed by atoms with Gasteiger partial charge in [-0.3, -0.25) is 15.0 Å². The highest BCUT2D eigenvalue weighted by Gasteiger charge is 2.27. The van der Waals surface area contributed by atoms with Crippen LogP contribution in [0.15, 0.2) is 53.5 Å². The van der Waals surface area contributed by atoms with Crippen molar-refractivity contribution >= 4 is 17.6 Å². The summed E-state index contributed by atoms with van der Waals surface area (Å²) >= 11 is 0. The van der Waals surface area contributed by atoms with Crippen LogP contribution in [0.2, 0.25) is 0 Å². The Hall–Kier alpha value is -2.73. The van der Waals surface area contributed by atoms with Gasteiger partial charge in [-0.1, -0.05) is 37.0 Å². The number of aliphatic imine (C=N–C) groups is 1. The molecular formula is C25H31FN4O. The molecule has 1 N–H and O–H groups in total. The smallest absolute Gasteiger partial charge is 0.257 e. The number of rotatable bonds is 3. The minimum atomic E-state index is -0.301. The summed E-state index contributed by atoms with van der Waals surface area (Å²) in [5, 5.41) is 3.01. The Balaban J connectivity index is 1.50. The van der Waals surface area contributed by atoms with Gasteiger partial charge < -0.3 is 4.90 Å². The molecule has 2 fully saturated rings. The molecule has 1 aliphatic heterocycles. The average molecular weight is 423 g/mol. The van der Waals surface area contributed by atoms with E-state index >= 15 is 0 Å². The quantitative estimate of drug-likeness (QED) is 0.585. The van der Waals surface area contributed by atoms with E-state index < -0.39 is 0 Å². The Kier molecular flexibility index (Phi) is 6.97. The summed E-state index contributed by atoms with van der Waals surface area (Å²) < 4.78 is 13.3. The van der Waals surface area contributed by atoms with Crippen LogP contribution in [0, 0.1) is 12.7 Å². The second-order valence-corrected chi connectivity index (χ2v) is 8.55. The van der Waals surface area contributed by atoms with Crippen LogP contribution in [0.3, 0.4) is 0 Å². The average Bonchev–Trinajstić information content (AvgIpc) is 2.81. The molecule has 2 aromatic carbocycles. The molecule has 0 bridgehead atoms. The molecule has 4 rings (SSSR count). The third-order valence-electron chi connectivity index (χ3n) is 6.27. The first-order chi connectivity index (χ1) is 15.1. The number of carbonyl (C=O) groups is 1. The predicted octanol–water partition coefficient (Wildman–Crippen LogP) is 4.50. The van der Waals surface area contributed by atoms with Gasteiger partial charge in [0.15, 0.2) is 0 Å². The van der Waals surface area contributed by atoms with Crippen molar-refractivity contribution in [3.05, 3.63) is 65.5 Å². The third kappa shape index (κ3) is 5.70. The van der Waals surface area contributed by atoms with Crippen molar-refractivity contribution in [3.63, 3.8) is 0 Å². The van der Waals surface area contributed by atoms with Gasteiger partial charge in [-0.25, -0.2) is 9.38 Å². The summed E-state index contributed by atoms with van der Waals surface area (Å²) in [6.07, 6.45) is 6.60. The van der Waals surface area contributed by atoms with Crippen molar-refractivity contribution in [2.24, 2.45) is 4.99 Å². The minimum Gasteiger partial charge on any atom is -0.340 e. The maximum atomic E-state index is 13.3. The topological polar surface area (TPSA) is 47.9 Å². The van der Waals surface area contributed by atoms with E-state index in [0.717, 1.165) is 31.7 Å². The molecule has 0 spiro atoms. The first-order valence-corrected chi connectivity index (χ1v) is 11.3. The number of halogens is 1. The van der Waals surface area contributed by atoms with E-state index in [0.29, 0.717) is 23.3 Å². The van der Waals surface area contributed by atoms with Gasteiger partial charge in [-0.15, -0.1) is 0 Å². The summed E-state index contributed by atoms with van der Waals surface area (Å²) in [4.78, 5) is 22.3. The van der Waals surface area contributed by atoms with Crippen LogP contribution in [-0.2, 0) is 0 Å². The number of hydrogen-bond donors (Lipinski definition) is 1. The highest BCUT2D eigenvalue weighted by atomic mass is 19.1. The standard InChI is InChI=1S/C25H31FN4O/c1-19-6-5-7-20(18-19)24(31)28-25(27-22-12-10-21(26)11-13-22)30-16-14-29(15-17-30)23-8-3-2-4-9-23/h5-7,10-13,18,23H,2-4,8-9,14-17H2,1H3,(H,27,28,31). The number of aryl methyl sites for hydroxylation is 1. The fourth-order valence-electron chi connectivity index (χ4n) is 4.52. The molecule has 1 saturated heterocycles. The Bertz CT molecular complexity index is 913. The minimum absolute atomic E-state index is 0.181. The van der Waals surface area contributed by atoms with Gasteiger partial charge >= 0.3 is 0 Å². The number of carbonyl (C=O) groups excluding carboxylic acids is 1. The van der Waals surface area contributed by atoms with E-state index in [9.17, 15) is 9.18 Å². The van der Waals surface area contributed by atoms with Gasteiger partial charge in [0.25, 0.3) is 5.91 Å². The van der Waals surface area contributed by atoms with Crippen molar-refractivity contribution < 1.29 is 9.18 Å². The lowest BCUT2D eigenvalue weighted by atomic mass is 9.94. The Morgan fingerprint density at radius 2 is 1.71 bits per heavy atom. The number of guanidine groups is 1. The molecule has 1 saturated carbocycles.